The number of nitrogens with one attached hydrogen (secondary N) is 1. The first-order valence-electron chi connectivity index (χ1n) is 6.82. The average Bonchev–Trinajstić information content (AvgIpc) is 2.61. The molecule has 0 amide bonds. The molecule has 3 rings (SSSR count). The third-order valence-corrected chi connectivity index (χ3v) is 4.70. The van der Waals surface area contributed by atoms with Crippen LogP contribution in [0.1, 0.15) is 23.8 Å². The average molecular weight is 277 g/mol. The van der Waals surface area contributed by atoms with Crippen LogP contribution in [0.15, 0.2) is 12.1 Å². The topological polar surface area (TPSA) is 30.5 Å². The smallest absolute Gasteiger partial charge is 0.162 e. The minimum absolute atomic E-state index is 0.742. The standard InChI is InChI=1S/C15H19NO2S/c1-3-16-9-15-10(2)11-7-12-13(8-14(11)19-15)18-6-4-5-17-12/h7-8,16H,3-6,9H2,1-2H3. The van der Waals surface area contributed by atoms with Crippen molar-refractivity contribution in [1.29, 1.82) is 0 Å². The van der Waals surface area contributed by atoms with Gasteiger partial charge in [0.1, 0.15) is 0 Å². The number of benzene rings is 1. The van der Waals surface area contributed by atoms with E-state index in [1.807, 2.05) is 11.3 Å². The van der Waals surface area contributed by atoms with Gasteiger partial charge in [0.15, 0.2) is 11.5 Å². The second kappa shape index (κ2) is 5.39. The molecule has 1 aromatic carbocycles. The molecule has 2 heterocycles. The molecule has 0 fully saturated rings. The maximum atomic E-state index is 5.77. The van der Waals surface area contributed by atoms with Gasteiger partial charge in [-0.2, -0.15) is 0 Å². The molecule has 1 N–H and O–H groups in total. The van der Waals surface area contributed by atoms with Crippen molar-refractivity contribution in [3.8, 4) is 11.5 Å². The third kappa shape index (κ3) is 2.42. The largest absolute Gasteiger partial charge is 0.490 e. The number of rotatable bonds is 3. The Morgan fingerprint density at radius 1 is 1.21 bits per heavy atom. The van der Waals surface area contributed by atoms with Gasteiger partial charge in [-0.3, -0.25) is 0 Å². The molecular formula is C15H19NO2S. The lowest BCUT2D eigenvalue weighted by Gasteiger charge is -2.07. The van der Waals surface area contributed by atoms with Crippen molar-refractivity contribution in [3.63, 3.8) is 0 Å². The lowest BCUT2D eigenvalue weighted by atomic mass is 10.1. The molecule has 102 valence electrons. The normalized spacial score (nSPS) is 14.6. The van der Waals surface area contributed by atoms with Crippen LogP contribution in [-0.2, 0) is 6.54 Å². The van der Waals surface area contributed by atoms with Gasteiger partial charge in [0.25, 0.3) is 0 Å². The van der Waals surface area contributed by atoms with Crippen LogP contribution in [-0.4, -0.2) is 19.8 Å². The Morgan fingerprint density at radius 2 is 1.95 bits per heavy atom. The van der Waals surface area contributed by atoms with E-state index in [0.717, 1.165) is 44.2 Å². The zero-order valence-electron chi connectivity index (χ0n) is 11.4. The van der Waals surface area contributed by atoms with Gasteiger partial charge in [0, 0.05) is 28.6 Å². The van der Waals surface area contributed by atoms with E-state index in [1.54, 1.807) is 0 Å². The van der Waals surface area contributed by atoms with Crippen molar-refractivity contribution in [2.45, 2.75) is 26.8 Å². The van der Waals surface area contributed by atoms with Gasteiger partial charge in [-0.25, -0.2) is 0 Å². The van der Waals surface area contributed by atoms with E-state index < -0.39 is 0 Å². The molecule has 0 saturated heterocycles. The number of hydrogen-bond donors (Lipinski definition) is 1. The van der Waals surface area contributed by atoms with Gasteiger partial charge >= 0.3 is 0 Å². The van der Waals surface area contributed by atoms with Crippen molar-refractivity contribution in [2.24, 2.45) is 0 Å². The predicted molar refractivity (Wildman–Crippen MR) is 79.5 cm³/mol. The van der Waals surface area contributed by atoms with Crippen LogP contribution in [0.5, 0.6) is 11.5 Å². The van der Waals surface area contributed by atoms with Gasteiger partial charge in [0.2, 0.25) is 0 Å². The Bertz CT molecular complexity index is 591. The van der Waals surface area contributed by atoms with Crippen LogP contribution >= 0.6 is 11.3 Å². The molecule has 0 bridgehead atoms. The summed E-state index contributed by atoms with van der Waals surface area (Å²) in [7, 11) is 0. The summed E-state index contributed by atoms with van der Waals surface area (Å²) in [5, 5.41) is 4.69. The van der Waals surface area contributed by atoms with Crippen LogP contribution in [0.3, 0.4) is 0 Å². The number of ether oxygens (including phenoxy) is 2. The summed E-state index contributed by atoms with van der Waals surface area (Å²) in [5.74, 6) is 1.78. The summed E-state index contributed by atoms with van der Waals surface area (Å²) >= 11 is 1.85. The predicted octanol–water partition coefficient (Wildman–Crippen LogP) is 3.48. The molecule has 2 aromatic rings. The van der Waals surface area contributed by atoms with E-state index in [0.29, 0.717) is 0 Å². The number of thiophene rings is 1. The van der Waals surface area contributed by atoms with Gasteiger partial charge in [-0.1, -0.05) is 6.92 Å². The third-order valence-electron chi connectivity index (χ3n) is 3.44. The summed E-state index contributed by atoms with van der Waals surface area (Å²) in [6.45, 7) is 7.74. The fourth-order valence-corrected chi connectivity index (χ4v) is 3.52. The van der Waals surface area contributed by atoms with Crippen molar-refractivity contribution in [3.05, 3.63) is 22.6 Å². The summed E-state index contributed by atoms with van der Waals surface area (Å²) in [6, 6.07) is 4.26. The quantitative estimate of drug-likeness (QED) is 0.931. The lowest BCUT2D eigenvalue weighted by Crippen LogP contribution is -2.11. The van der Waals surface area contributed by atoms with Crippen LogP contribution in [0, 0.1) is 6.92 Å². The van der Waals surface area contributed by atoms with E-state index in [4.69, 9.17) is 9.47 Å². The Labute approximate surface area is 117 Å². The maximum Gasteiger partial charge on any atom is 0.162 e. The highest BCUT2D eigenvalue weighted by Gasteiger charge is 2.15. The van der Waals surface area contributed by atoms with Gasteiger partial charge in [-0.15, -0.1) is 11.3 Å². The molecule has 0 atom stereocenters. The maximum absolute atomic E-state index is 5.77. The van der Waals surface area contributed by atoms with E-state index in [2.05, 4.69) is 31.3 Å². The molecule has 4 heteroatoms. The van der Waals surface area contributed by atoms with E-state index in [9.17, 15) is 0 Å². The van der Waals surface area contributed by atoms with E-state index in [1.165, 1.54) is 20.5 Å². The van der Waals surface area contributed by atoms with Crippen LogP contribution in [0.25, 0.3) is 10.1 Å². The van der Waals surface area contributed by atoms with Gasteiger partial charge in [-0.05, 0) is 30.5 Å². The minimum atomic E-state index is 0.742. The Hall–Kier alpha value is -1.26. The minimum Gasteiger partial charge on any atom is -0.490 e. The molecular weight excluding hydrogens is 258 g/mol. The van der Waals surface area contributed by atoms with Gasteiger partial charge in [0.05, 0.1) is 13.2 Å². The van der Waals surface area contributed by atoms with Crippen molar-refractivity contribution in [1.82, 2.24) is 5.32 Å². The van der Waals surface area contributed by atoms with E-state index >= 15 is 0 Å². The fraction of sp³-hybridized carbons (Fsp3) is 0.467. The Balaban J connectivity index is 2.04. The Morgan fingerprint density at radius 3 is 2.68 bits per heavy atom. The summed E-state index contributed by atoms with van der Waals surface area (Å²) in [6.07, 6.45) is 0.951. The first kappa shape index (κ1) is 12.8. The van der Waals surface area contributed by atoms with Gasteiger partial charge < -0.3 is 14.8 Å². The number of fused-ring (bicyclic) bond motifs is 2. The lowest BCUT2D eigenvalue weighted by molar-refractivity contribution is 0.297. The zero-order valence-corrected chi connectivity index (χ0v) is 12.2. The second-order valence-corrected chi connectivity index (χ2v) is 5.91. The van der Waals surface area contributed by atoms with Crippen LogP contribution < -0.4 is 14.8 Å². The molecule has 1 aliphatic rings. The van der Waals surface area contributed by atoms with E-state index in [-0.39, 0.29) is 0 Å². The highest BCUT2D eigenvalue weighted by Crippen LogP contribution is 2.40. The fourth-order valence-electron chi connectivity index (χ4n) is 2.33. The zero-order chi connectivity index (χ0) is 13.2. The second-order valence-electron chi connectivity index (χ2n) is 4.78. The summed E-state index contributed by atoms with van der Waals surface area (Å²) in [5.41, 5.74) is 1.36. The summed E-state index contributed by atoms with van der Waals surface area (Å²) < 4.78 is 12.8. The first-order chi connectivity index (χ1) is 9.29. The molecule has 0 radical (unpaired) electrons. The molecule has 3 nitrogen and oxygen atoms in total. The highest BCUT2D eigenvalue weighted by molar-refractivity contribution is 7.19. The monoisotopic (exact) mass is 277 g/mol. The first-order valence-corrected chi connectivity index (χ1v) is 7.63. The molecule has 19 heavy (non-hydrogen) atoms. The SMILES string of the molecule is CCNCc1sc2cc3c(cc2c1C)OCCCO3. The summed E-state index contributed by atoms with van der Waals surface area (Å²) in [4.78, 5) is 1.40. The molecule has 0 unspecified atom stereocenters. The van der Waals surface area contributed by atoms with Crippen molar-refractivity contribution in [2.75, 3.05) is 19.8 Å². The Kier molecular flexibility index (Phi) is 3.62. The molecule has 0 aliphatic carbocycles. The highest BCUT2D eigenvalue weighted by atomic mass is 32.1. The van der Waals surface area contributed by atoms with Crippen molar-refractivity contribution < 1.29 is 9.47 Å². The van der Waals surface area contributed by atoms with Crippen LogP contribution in [0.2, 0.25) is 0 Å². The number of hydrogen-bond acceptors (Lipinski definition) is 4. The molecule has 0 saturated carbocycles. The molecule has 1 aromatic heterocycles. The number of aryl methyl sites for hydroxylation is 1. The molecule has 0 spiro atoms. The van der Waals surface area contributed by atoms with Crippen LogP contribution in [0.4, 0.5) is 0 Å². The molecule has 1 aliphatic heterocycles. The van der Waals surface area contributed by atoms with Crippen molar-refractivity contribution >= 4 is 21.4 Å².